The van der Waals surface area contributed by atoms with Crippen LogP contribution in [0, 0.1) is 18.6 Å². The third kappa shape index (κ3) is 6.50. The van der Waals surface area contributed by atoms with Crippen LogP contribution in [0.15, 0.2) is 77.4 Å². The van der Waals surface area contributed by atoms with Crippen LogP contribution < -0.4 is 0 Å². The zero-order valence-corrected chi connectivity index (χ0v) is 25.6. The standard InChI is InChI=1S/C34H34Cl2F2N2O3/c1-22-32(28(21-43-22)31-29(35)6-3-7-30(31)36)34(2,33(41)42)40-19-17-39(18-20-40)16-4-5-27(23-8-12-25(37)13-9-23)24-10-14-26(38)15-11-24/h3,6-15,21,27H,4-5,16-20H2,1-2H3,(H,41,42). The largest absolute Gasteiger partial charge is 0.480 e. The van der Waals surface area contributed by atoms with Crippen molar-refractivity contribution in [1.29, 1.82) is 0 Å². The van der Waals surface area contributed by atoms with E-state index in [0.717, 1.165) is 30.5 Å². The molecule has 5 rings (SSSR count). The van der Waals surface area contributed by atoms with Gasteiger partial charge in [-0.05, 0) is 80.8 Å². The lowest BCUT2D eigenvalue weighted by molar-refractivity contribution is -0.152. The van der Waals surface area contributed by atoms with Gasteiger partial charge in [-0.2, -0.15) is 0 Å². The fourth-order valence-electron chi connectivity index (χ4n) is 6.25. The van der Waals surface area contributed by atoms with Crippen molar-refractivity contribution in [3.63, 3.8) is 0 Å². The maximum absolute atomic E-state index is 13.6. The van der Waals surface area contributed by atoms with Gasteiger partial charge in [-0.1, -0.05) is 53.5 Å². The highest BCUT2D eigenvalue weighted by molar-refractivity contribution is 6.39. The molecule has 1 unspecified atom stereocenters. The Morgan fingerprint density at radius 3 is 1.98 bits per heavy atom. The Kier molecular flexibility index (Phi) is 9.57. The molecule has 0 spiro atoms. The number of aliphatic carboxylic acids is 1. The third-order valence-corrected chi connectivity index (χ3v) is 9.26. The van der Waals surface area contributed by atoms with Gasteiger partial charge in [0.2, 0.25) is 0 Å². The second kappa shape index (κ2) is 13.2. The molecule has 2 heterocycles. The van der Waals surface area contributed by atoms with Gasteiger partial charge in [0.05, 0.1) is 16.3 Å². The Morgan fingerprint density at radius 2 is 1.47 bits per heavy atom. The highest BCUT2D eigenvalue weighted by Gasteiger charge is 2.46. The van der Waals surface area contributed by atoms with Gasteiger partial charge >= 0.3 is 5.97 Å². The van der Waals surface area contributed by atoms with Gasteiger partial charge in [-0.3, -0.25) is 4.90 Å². The SMILES string of the molecule is Cc1occ(-c2c(Cl)cccc2Cl)c1C(C)(C(=O)O)N1CCN(CCCC(c2ccc(F)cc2)c2ccc(F)cc2)CC1. The monoisotopic (exact) mass is 626 g/mol. The van der Waals surface area contributed by atoms with E-state index in [4.69, 9.17) is 27.6 Å². The maximum Gasteiger partial charge on any atom is 0.328 e. The van der Waals surface area contributed by atoms with Gasteiger partial charge in [0, 0.05) is 48.8 Å². The first-order valence-corrected chi connectivity index (χ1v) is 15.1. The summed E-state index contributed by atoms with van der Waals surface area (Å²) in [6.07, 6.45) is 3.21. The molecule has 1 fully saturated rings. The number of aryl methyl sites for hydroxylation is 1. The zero-order valence-electron chi connectivity index (χ0n) is 24.1. The molecule has 0 saturated carbocycles. The lowest BCUT2D eigenvalue weighted by Gasteiger charge is -2.44. The summed E-state index contributed by atoms with van der Waals surface area (Å²) in [6, 6.07) is 18.2. The number of furan rings is 1. The molecule has 1 atom stereocenters. The summed E-state index contributed by atoms with van der Waals surface area (Å²) in [5.41, 5.74) is 2.29. The lowest BCUT2D eigenvalue weighted by atomic mass is 9.84. The molecule has 1 N–H and O–H groups in total. The number of hydrogen-bond acceptors (Lipinski definition) is 4. The molecule has 1 saturated heterocycles. The number of carboxylic acids is 1. The van der Waals surface area contributed by atoms with E-state index in [1.807, 2.05) is 4.90 Å². The van der Waals surface area contributed by atoms with E-state index in [2.05, 4.69) is 4.90 Å². The quantitative estimate of drug-likeness (QED) is 0.192. The van der Waals surface area contributed by atoms with Crippen LogP contribution in [0.2, 0.25) is 10.0 Å². The van der Waals surface area contributed by atoms with Gasteiger partial charge < -0.3 is 14.4 Å². The van der Waals surface area contributed by atoms with E-state index in [1.54, 1.807) is 56.3 Å². The molecule has 43 heavy (non-hydrogen) atoms. The second-order valence-electron chi connectivity index (χ2n) is 11.2. The minimum Gasteiger partial charge on any atom is -0.480 e. The van der Waals surface area contributed by atoms with Crippen LogP contribution in [0.5, 0.6) is 0 Å². The van der Waals surface area contributed by atoms with Crippen molar-refractivity contribution in [2.75, 3.05) is 32.7 Å². The average Bonchev–Trinajstić information content (AvgIpc) is 3.37. The first-order valence-electron chi connectivity index (χ1n) is 14.3. The Morgan fingerprint density at radius 1 is 0.930 bits per heavy atom. The number of rotatable bonds is 10. The Hall–Kier alpha value is -3.23. The minimum absolute atomic E-state index is 0.0110. The molecule has 9 heteroatoms. The van der Waals surface area contributed by atoms with Crippen molar-refractivity contribution >= 4 is 29.2 Å². The second-order valence-corrected chi connectivity index (χ2v) is 12.0. The predicted octanol–water partition coefficient (Wildman–Crippen LogP) is 8.37. The highest BCUT2D eigenvalue weighted by atomic mass is 35.5. The van der Waals surface area contributed by atoms with Crippen LogP contribution in [0.3, 0.4) is 0 Å². The van der Waals surface area contributed by atoms with Crippen molar-refractivity contribution in [3.8, 4) is 11.1 Å². The molecule has 1 aliphatic heterocycles. The van der Waals surface area contributed by atoms with Crippen molar-refractivity contribution in [1.82, 2.24) is 9.80 Å². The van der Waals surface area contributed by atoms with Crippen LogP contribution in [-0.4, -0.2) is 53.6 Å². The summed E-state index contributed by atoms with van der Waals surface area (Å²) in [6.45, 7) is 6.78. The Balaban J connectivity index is 1.28. The summed E-state index contributed by atoms with van der Waals surface area (Å²) in [5.74, 6) is -1.04. The molecule has 4 aromatic rings. The number of carboxylic acid groups (broad SMARTS) is 1. The van der Waals surface area contributed by atoms with Crippen LogP contribution in [0.25, 0.3) is 11.1 Å². The predicted molar refractivity (Wildman–Crippen MR) is 166 cm³/mol. The molecule has 0 radical (unpaired) electrons. The van der Waals surface area contributed by atoms with Gasteiger partial charge in [0.15, 0.2) is 0 Å². The summed E-state index contributed by atoms with van der Waals surface area (Å²) in [5, 5.41) is 11.4. The fraction of sp³-hybridized carbons (Fsp3) is 0.324. The molecule has 1 aromatic heterocycles. The smallest absolute Gasteiger partial charge is 0.328 e. The van der Waals surface area contributed by atoms with Gasteiger partial charge in [0.25, 0.3) is 0 Å². The van der Waals surface area contributed by atoms with Crippen LogP contribution in [0.1, 0.15) is 48.1 Å². The number of halogens is 4. The van der Waals surface area contributed by atoms with E-state index in [1.165, 1.54) is 30.5 Å². The molecule has 0 aliphatic carbocycles. The highest BCUT2D eigenvalue weighted by Crippen LogP contribution is 2.44. The van der Waals surface area contributed by atoms with Crippen molar-refractivity contribution < 1.29 is 23.1 Å². The summed E-state index contributed by atoms with van der Waals surface area (Å²) in [7, 11) is 0. The maximum atomic E-state index is 13.6. The molecule has 0 amide bonds. The van der Waals surface area contributed by atoms with E-state index in [0.29, 0.717) is 58.7 Å². The van der Waals surface area contributed by atoms with E-state index >= 15 is 0 Å². The number of nitrogens with zero attached hydrogens (tertiary/aromatic N) is 2. The van der Waals surface area contributed by atoms with Crippen LogP contribution in [0.4, 0.5) is 8.78 Å². The summed E-state index contributed by atoms with van der Waals surface area (Å²) < 4.78 is 33.0. The van der Waals surface area contributed by atoms with E-state index < -0.39 is 11.5 Å². The molecule has 226 valence electrons. The molecule has 5 nitrogen and oxygen atoms in total. The fourth-order valence-corrected chi connectivity index (χ4v) is 6.85. The van der Waals surface area contributed by atoms with Gasteiger partial charge in [-0.15, -0.1) is 0 Å². The molecular formula is C34H34Cl2F2N2O3. The Bertz CT molecular complexity index is 1500. The molecular weight excluding hydrogens is 593 g/mol. The number of carbonyl (C=O) groups is 1. The molecule has 3 aromatic carbocycles. The lowest BCUT2D eigenvalue weighted by Crippen LogP contribution is -2.57. The molecule has 0 bridgehead atoms. The first kappa shape index (κ1) is 31.2. The zero-order chi connectivity index (χ0) is 30.7. The number of benzene rings is 3. The summed E-state index contributed by atoms with van der Waals surface area (Å²) >= 11 is 13.0. The summed E-state index contributed by atoms with van der Waals surface area (Å²) in [4.78, 5) is 17.3. The Labute approximate surface area is 260 Å². The van der Waals surface area contributed by atoms with Crippen molar-refractivity contribution in [2.24, 2.45) is 0 Å². The topological polar surface area (TPSA) is 56.9 Å². The van der Waals surface area contributed by atoms with E-state index in [9.17, 15) is 18.7 Å². The van der Waals surface area contributed by atoms with Crippen molar-refractivity contribution in [2.45, 2.75) is 38.1 Å². The first-order chi connectivity index (χ1) is 20.6. The van der Waals surface area contributed by atoms with Crippen LogP contribution >= 0.6 is 23.2 Å². The van der Waals surface area contributed by atoms with Crippen LogP contribution in [-0.2, 0) is 10.3 Å². The average molecular weight is 628 g/mol. The van der Waals surface area contributed by atoms with Gasteiger partial charge in [0.1, 0.15) is 22.9 Å². The molecule has 1 aliphatic rings. The third-order valence-electron chi connectivity index (χ3n) is 8.63. The van der Waals surface area contributed by atoms with Crippen molar-refractivity contribution in [3.05, 3.63) is 117 Å². The minimum atomic E-state index is -1.36. The van der Waals surface area contributed by atoms with Gasteiger partial charge in [-0.25, -0.2) is 13.6 Å². The number of hydrogen-bond donors (Lipinski definition) is 1. The normalized spacial score (nSPS) is 16.0. The van der Waals surface area contributed by atoms with E-state index in [-0.39, 0.29) is 17.6 Å². The number of piperazine rings is 1.